The van der Waals surface area contributed by atoms with E-state index in [1.807, 2.05) is 13.8 Å². The number of rotatable bonds is 5. The average molecular weight is 344 g/mol. The van der Waals surface area contributed by atoms with Gasteiger partial charge in [0.25, 0.3) is 15.9 Å². The number of nitrogens with zero attached hydrogens (tertiary/aromatic N) is 1. The molecule has 0 unspecified atom stereocenters. The maximum absolute atomic E-state index is 13.5. The van der Waals surface area contributed by atoms with Gasteiger partial charge >= 0.3 is 0 Å². The van der Waals surface area contributed by atoms with Crippen LogP contribution in [0.5, 0.6) is 0 Å². The maximum Gasteiger partial charge on any atom is 0.287 e. The lowest BCUT2D eigenvalue weighted by Crippen LogP contribution is -2.31. The topological polar surface area (TPSA) is 89.3 Å². The van der Waals surface area contributed by atoms with Crippen molar-refractivity contribution in [2.45, 2.75) is 25.2 Å². The number of carbonyl (C=O) groups is 1. The van der Waals surface area contributed by atoms with Gasteiger partial charge in [0.2, 0.25) is 0 Å². The molecule has 1 amide bonds. The molecule has 0 spiro atoms. The van der Waals surface area contributed by atoms with Crippen LogP contribution in [0.2, 0.25) is 0 Å². The molecular weight excluding hydrogens is 330 g/mol. The lowest BCUT2D eigenvalue weighted by atomic mass is 10.1. The molecule has 0 atom stereocenters. The number of halogens is 2. The number of aromatic nitrogens is 1. The highest BCUT2D eigenvalue weighted by atomic mass is 32.2. The van der Waals surface area contributed by atoms with Gasteiger partial charge < -0.3 is 4.52 Å². The van der Waals surface area contributed by atoms with Crippen molar-refractivity contribution >= 4 is 15.9 Å². The van der Waals surface area contributed by atoms with Gasteiger partial charge in [-0.3, -0.25) is 4.79 Å². The standard InChI is InChI=1S/C14H14F2N2O4S/c1-8(2)5-10-7-12(17-22-10)14(19)18-23(20,21)13-4-3-9(15)6-11(13)16/h3-4,6-8H,5H2,1-2H3,(H,18,19). The predicted octanol–water partition coefficient (Wildman–Crippen LogP) is 2.27. The summed E-state index contributed by atoms with van der Waals surface area (Å²) in [6, 6.07) is 3.23. The van der Waals surface area contributed by atoms with E-state index in [0.717, 1.165) is 12.1 Å². The van der Waals surface area contributed by atoms with Crippen LogP contribution >= 0.6 is 0 Å². The molecular formula is C14H14F2N2O4S. The second-order valence-electron chi connectivity index (χ2n) is 5.29. The van der Waals surface area contributed by atoms with Crippen LogP contribution in [0.3, 0.4) is 0 Å². The van der Waals surface area contributed by atoms with E-state index in [1.165, 1.54) is 6.07 Å². The third kappa shape index (κ3) is 4.13. The van der Waals surface area contributed by atoms with Crippen LogP contribution in [0, 0.1) is 17.6 Å². The van der Waals surface area contributed by atoms with Crippen LogP contribution in [0.25, 0.3) is 0 Å². The molecule has 6 nitrogen and oxygen atoms in total. The average Bonchev–Trinajstić information content (AvgIpc) is 2.85. The van der Waals surface area contributed by atoms with Crippen molar-refractivity contribution in [1.82, 2.24) is 9.88 Å². The molecule has 1 aromatic carbocycles. The van der Waals surface area contributed by atoms with Crippen molar-refractivity contribution in [1.29, 1.82) is 0 Å². The van der Waals surface area contributed by atoms with E-state index in [0.29, 0.717) is 18.2 Å². The Morgan fingerprint density at radius 3 is 2.61 bits per heavy atom. The van der Waals surface area contributed by atoms with Gasteiger partial charge in [0.15, 0.2) is 5.69 Å². The van der Waals surface area contributed by atoms with Gasteiger partial charge in [0.05, 0.1) is 0 Å². The van der Waals surface area contributed by atoms with Gasteiger partial charge in [-0.1, -0.05) is 19.0 Å². The highest BCUT2D eigenvalue weighted by Crippen LogP contribution is 2.16. The minimum atomic E-state index is -4.49. The zero-order valence-corrected chi connectivity index (χ0v) is 13.2. The van der Waals surface area contributed by atoms with E-state index in [-0.39, 0.29) is 11.6 Å². The number of amides is 1. The number of hydrogen-bond donors (Lipinski definition) is 1. The number of carbonyl (C=O) groups excluding carboxylic acids is 1. The van der Waals surface area contributed by atoms with Crippen molar-refractivity contribution in [3.8, 4) is 0 Å². The summed E-state index contributed by atoms with van der Waals surface area (Å²) in [6.45, 7) is 3.87. The Morgan fingerprint density at radius 2 is 2.00 bits per heavy atom. The number of benzene rings is 1. The largest absolute Gasteiger partial charge is 0.361 e. The summed E-state index contributed by atoms with van der Waals surface area (Å²) in [4.78, 5) is 11.1. The molecule has 23 heavy (non-hydrogen) atoms. The Morgan fingerprint density at radius 1 is 1.30 bits per heavy atom. The zero-order chi connectivity index (χ0) is 17.2. The highest BCUT2D eigenvalue weighted by Gasteiger charge is 2.24. The second-order valence-corrected chi connectivity index (χ2v) is 6.94. The molecule has 9 heteroatoms. The van der Waals surface area contributed by atoms with Gasteiger partial charge in [-0.05, 0) is 18.1 Å². The van der Waals surface area contributed by atoms with Crippen LogP contribution in [0.1, 0.15) is 30.1 Å². The molecule has 0 radical (unpaired) electrons. The monoisotopic (exact) mass is 344 g/mol. The van der Waals surface area contributed by atoms with Crippen LogP contribution in [-0.2, 0) is 16.4 Å². The molecule has 1 aromatic heterocycles. The summed E-state index contributed by atoms with van der Waals surface area (Å²) in [5.74, 6) is -2.60. The van der Waals surface area contributed by atoms with Gasteiger partial charge in [-0.25, -0.2) is 21.9 Å². The molecule has 0 aliphatic carbocycles. The fourth-order valence-corrected chi connectivity index (χ4v) is 2.86. The van der Waals surface area contributed by atoms with Crippen molar-refractivity contribution in [3.05, 3.63) is 47.4 Å². The molecule has 0 aliphatic rings. The maximum atomic E-state index is 13.5. The number of nitrogens with one attached hydrogen (secondary N) is 1. The molecule has 0 fully saturated rings. The highest BCUT2D eigenvalue weighted by molar-refractivity contribution is 7.90. The van der Waals surface area contributed by atoms with Gasteiger partial charge in [0.1, 0.15) is 22.3 Å². The molecule has 0 bridgehead atoms. The summed E-state index contributed by atoms with van der Waals surface area (Å²) >= 11 is 0. The summed E-state index contributed by atoms with van der Waals surface area (Å²) in [7, 11) is -4.49. The molecule has 124 valence electrons. The normalized spacial score (nSPS) is 11.7. The smallest absolute Gasteiger partial charge is 0.287 e. The Balaban J connectivity index is 2.20. The van der Waals surface area contributed by atoms with E-state index in [1.54, 1.807) is 4.72 Å². The lowest BCUT2D eigenvalue weighted by molar-refractivity contribution is 0.0972. The van der Waals surface area contributed by atoms with Gasteiger partial charge in [0, 0.05) is 18.6 Å². The van der Waals surface area contributed by atoms with E-state index >= 15 is 0 Å². The molecule has 1 N–H and O–H groups in total. The van der Waals surface area contributed by atoms with Crippen LogP contribution in [0.4, 0.5) is 8.78 Å². The minimum Gasteiger partial charge on any atom is -0.361 e. The first-order chi connectivity index (χ1) is 10.7. The first-order valence-corrected chi connectivity index (χ1v) is 8.15. The fourth-order valence-electron chi connectivity index (χ4n) is 1.84. The van der Waals surface area contributed by atoms with Crippen molar-refractivity contribution in [2.24, 2.45) is 5.92 Å². The van der Waals surface area contributed by atoms with Crippen LogP contribution < -0.4 is 4.72 Å². The van der Waals surface area contributed by atoms with E-state index < -0.39 is 32.5 Å². The van der Waals surface area contributed by atoms with E-state index in [2.05, 4.69) is 5.16 Å². The number of hydrogen-bond acceptors (Lipinski definition) is 5. The summed E-state index contributed by atoms with van der Waals surface area (Å²) in [6.07, 6.45) is 0.527. The Bertz CT molecular complexity index is 831. The third-order valence-electron chi connectivity index (χ3n) is 2.81. The zero-order valence-electron chi connectivity index (χ0n) is 12.3. The summed E-state index contributed by atoms with van der Waals surface area (Å²) in [5, 5.41) is 3.48. The predicted molar refractivity (Wildman–Crippen MR) is 76.1 cm³/mol. The second kappa shape index (κ2) is 6.45. The first kappa shape index (κ1) is 17.1. The van der Waals surface area contributed by atoms with Crippen LogP contribution in [-0.4, -0.2) is 19.5 Å². The van der Waals surface area contributed by atoms with E-state index in [4.69, 9.17) is 4.52 Å². The van der Waals surface area contributed by atoms with E-state index in [9.17, 15) is 22.0 Å². The lowest BCUT2D eigenvalue weighted by Gasteiger charge is -2.06. The molecule has 0 saturated heterocycles. The Hall–Kier alpha value is -2.29. The summed E-state index contributed by atoms with van der Waals surface area (Å²) in [5.41, 5.74) is -0.244. The first-order valence-electron chi connectivity index (χ1n) is 6.67. The molecule has 2 rings (SSSR count). The fraction of sp³-hybridized carbons (Fsp3) is 0.286. The Kier molecular flexibility index (Phi) is 4.79. The van der Waals surface area contributed by atoms with Crippen molar-refractivity contribution in [3.63, 3.8) is 0 Å². The molecule has 1 heterocycles. The molecule has 0 saturated carbocycles. The third-order valence-corrected chi connectivity index (χ3v) is 4.18. The quantitative estimate of drug-likeness (QED) is 0.899. The van der Waals surface area contributed by atoms with Gasteiger partial charge in [-0.2, -0.15) is 0 Å². The number of sulfonamides is 1. The van der Waals surface area contributed by atoms with Gasteiger partial charge in [-0.15, -0.1) is 0 Å². The van der Waals surface area contributed by atoms with Crippen molar-refractivity contribution in [2.75, 3.05) is 0 Å². The minimum absolute atomic E-state index is 0.244. The molecule has 0 aliphatic heterocycles. The molecule has 2 aromatic rings. The van der Waals surface area contributed by atoms with Crippen LogP contribution in [0.15, 0.2) is 33.7 Å². The Labute approximate surface area is 131 Å². The summed E-state index contributed by atoms with van der Waals surface area (Å²) < 4.78 is 56.9. The van der Waals surface area contributed by atoms with Crippen molar-refractivity contribution < 1.29 is 26.5 Å². The SMILES string of the molecule is CC(C)Cc1cc(C(=O)NS(=O)(=O)c2ccc(F)cc2F)no1.